The third-order valence-corrected chi connectivity index (χ3v) is 7.28. The average Bonchev–Trinajstić information content (AvgIpc) is 3.13. The van der Waals surface area contributed by atoms with Gasteiger partial charge in [-0.25, -0.2) is 4.98 Å². The maximum absolute atomic E-state index is 11.1. The number of rotatable bonds is 5. The predicted octanol–water partition coefficient (Wildman–Crippen LogP) is 6.11. The van der Waals surface area contributed by atoms with Gasteiger partial charge in [0.25, 0.3) is 6.01 Å². The first-order valence-electron chi connectivity index (χ1n) is 11.3. The van der Waals surface area contributed by atoms with Crippen LogP contribution in [-0.2, 0) is 4.79 Å². The minimum absolute atomic E-state index is 0.208. The van der Waals surface area contributed by atoms with Crippen molar-refractivity contribution in [1.82, 2.24) is 15.0 Å². The smallest absolute Gasteiger partial charge is 0.306 e. The van der Waals surface area contributed by atoms with Crippen molar-refractivity contribution < 1.29 is 14.6 Å². The highest BCUT2D eigenvalue weighted by Crippen LogP contribution is 2.41. The van der Waals surface area contributed by atoms with E-state index in [9.17, 15) is 4.79 Å². The number of ether oxygens (including phenoxy) is 1. The molecule has 1 fully saturated rings. The number of fused-ring (bicyclic) bond motifs is 1. The van der Waals surface area contributed by atoms with Crippen LogP contribution in [0, 0.1) is 23.2 Å². The van der Waals surface area contributed by atoms with Crippen molar-refractivity contribution in [3.63, 3.8) is 0 Å². The van der Waals surface area contributed by atoms with Crippen LogP contribution in [0.3, 0.4) is 0 Å². The Hall–Kier alpha value is -2.08. The van der Waals surface area contributed by atoms with Crippen LogP contribution in [0.5, 0.6) is 6.01 Å². The van der Waals surface area contributed by atoms with E-state index >= 15 is 0 Å². The van der Waals surface area contributed by atoms with E-state index in [2.05, 4.69) is 36.8 Å². The Bertz CT molecular complexity index is 984. The van der Waals surface area contributed by atoms with E-state index in [1.807, 2.05) is 6.07 Å². The normalized spacial score (nSPS) is 24.8. The number of carboxylic acid groups (broad SMARTS) is 1. The Morgan fingerprint density at radius 2 is 1.97 bits per heavy atom. The molecule has 0 radical (unpaired) electrons. The van der Waals surface area contributed by atoms with Gasteiger partial charge in [-0.05, 0) is 73.8 Å². The van der Waals surface area contributed by atoms with E-state index < -0.39 is 5.97 Å². The van der Waals surface area contributed by atoms with Gasteiger partial charge in [-0.2, -0.15) is 4.98 Å². The Morgan fingerprint density at radius 3 is 2.58 bits per heavy atom. The molecule has 0 spiro atoms. The molecule has 2 aliphatic carbocycles. The van der Waals surface area contributed by atoms with Crippen molar-refractivity contribution in [3.05, 3.63) is 22.9 Å². The zero-order valence-electron chi connectivity index (χ0n) is 18.6. The number of aromatic amines is 1. The number of aliphatic carboxylic acids is 1. The highest BCUT2D eigenvalue weighted by atomic mass is 35.5. The van der Waals surface area contributed by atoms with Gasteiger partial charge < -0.3 is 14.8 Å². The van der Waals surface area contributed by atoms with Gasteiger partial charge in [-0.3, -0.25) is 4.79 Å². The molecule has 0 amide bonds. The van der Waals surface area contributed by atoms with Crippen LogP contribution >= 0.6 is 11.6 Å². The van der Waals surface area contributed by atoms with Crippen molar-refractivity contribution in [2.45, 2.75) is 65.7 Å². The first-order valence-corrected chi connectivity index (χ1v) is 11.7. The van der Waals surface area contributed by atoms with Crippen LogP contribution in [-0.4, -0.2) is 32.6 Å². The molecular formula is C24H32ClN3O3. The molecule has 1 atom stereocenters. The lowest BCUT2D eigenvalue weighted by atomic mass is 9.73. The third-order valence-electron chi connectivity index (χ3n) is 7.00. The van der Waals surface area contributed by atoms with Crippen LogP contribution in [0.25, 0.3) is 16.7 Å². The lowest BCUT2D eigenvalue weighted by Gasteiger charge is -2.33. The molecule has 0 aromatic carbocycles. The summed E-state index contributed by atoms with van der Waals surface area (Å²) in [6.45, 7) is 7.44. The molecule has 0 bridgehead atoms. The standard InChI is InChI=1S/C24H32ClN3O3/c1-24(2,3)17-10-8-15(9-11-17)20-18(25)12-19-21(27-20)28-23(26-19)31-13-14-4-6-16(7-5-14)22(29)30/h8,12,14,16-17H,4-7,9-11,13H2,1-3H3,(H,29,30)(H,26,27,28). The molecule has 6 nitrogen and oxygen atoms in total. The van der Waals surface area contributed by atoms with Crippen LogP contribution in [0.15, 0.2) is 12.1 Å². The molecule has 2 aromatic heterocycles. The molecule has 1 saturated carbocycles. The topological polar surface area (TPSA) is 88.1 Å². The number of allylic oxidation sites excluding steroid dienone is 2. The SMILES string of the molecule is CC(C)(C)C1CC=C(c2nc3nc(OCC4CCC(C(=O)O)CC4)[nH]c3cc2Cl)CC1. The number of hydrogen-bond donors (Lipinski definition) is 2. The van der Waals surface area contributed by atoms with Crippen molar-refractivity contribution in [1.29, 1.82) is 0 Å². The van der Waals surface area contributed by atoms with E-state index in [0.29, 0.717) is 40.5 Å². The lowest BCUT2D eigenvalue weighted by molar-refractivity contribution is -0.143. The Labute approximate surface area is 188 Å². The summed E-state index contributed by atoms with van der Waals surface area (Å²) in [7, 11) is 0. The van der Waals surface area contributed by atoms with E-state index in [-0.39, 0.29) is 5.92 Å². The van der Waals surface area contributed by atoms with Crippen molar-refractivity contribution in [2.75, 3.05) is 6.61 Å². The number of hydrogen-bond acceptors (Lipinski definition) is 4. The number of nitrogens with one attached hydrogen (secondary N) is 1. The average molecular weight is 446 g/mol. The zero-order chi connectivity index (χ0) is 22.2. The fourth-order valence-electron chi connectivity index (χ4n) is 4.80. The number of imidazole rings is 1. The van der Waals surface area contributed by atoms with Crippen LogP contribution in [0.1, 0.15) is 71.4 Å². The molecule has 2 N–H and O–H groups in total. The zero-order valence-corrected chi connectivity index (χ0v) is 19.3. The number of pyridine rings is 1. The summed E-state index contributed by atoms with van der Waals surface area (Å²) in [5.74, 6) is 0.145. The third kappa shape index (κ3) is 5.05. The second kappa shape index (κ2) is 8.81. The monoisotopic (exact) mass is 445 g/mol. The highest BCUT2D eigenvalue weighted by Gasteiger charge is 2.28. The number of H-pyrrole nitrogens is 1. The summed E-state index contributed by atoms with van der Waals surface area (Å²) in [4.78, 5) is 23.5. The van der Waals surface area contributed by atoms with Gasteiger partial charge in [-0.1, -0.05) is 38.4 Å². The molecule has 2 aliphatic rings. The van der Waals surface area contributed by atoms with E-state index in [1.165, 1.54) is 5.57 Å². The molecular weight excluding hydrogens is 414 g/mol. The van der Waals surface area contributed by atoms with Crippen LogP contribution < -0.4 is 4.74 Å². The number of carboxylic acids is 1. The first-order chi connectivity index (χ1) is 14.7. The fraction of sp³-hybridized carbons (Fsp3) is 0.625. The van der Waals surface area contributed by atoms with Crippen molar-refractivity contribution in [2.24, 2.45) is 23.2 Å². The number of halogens is 1. The van der Waals surface area contributed by atoms with Gasteiger partial charge in [0, 0.05) is 0 Å². The molecule has 2 aromatic rings. The van der Waals surface area contributed by atoms with Gasteiger partial charge in [0.15, 0.2) is 5.65 Å². The van der Waals surface area contributed by atoms with Gasteiger partial charge in [0.2, 0.25) is 0 Å². The van der Waals surface area contributed by atoms with Gasteiger partial charge in [0.1, 0.15) is 0 Å². The maximum atomic E-state index is 11.1. The van der Waals surface area contributed by atoms with E-state index in [1.54, 1.807) is 0 Å². The molecule has 4 rings (SSSR count). The van der Waals surface area contributed by atoms with Crippen molar-refractivity contribution >= 4 is 34.3 Å². The highest BCUT2D eigenvalue weighted by molar-refractivity contribution is 6.32. The summed E-state index contributed by atoms with van der Waals surface area (Å²) in [5.41, 5.74) is 3.72. The maximum Gasteiger partial charge on any atom is 0.306 e. The summed E-state index contributed by atoms with van der Waals surface area (Å²) in [6, 6.07) is 2.33. The molecule has 0 saturated heterocycles. The predicted molar refractivity (Wildman–Crippen MR) is 122 cm³/mol. The minimum atomic E-state index is -0.683. The summed E-state index contributed by atoms with van der Waals surface area (Å²) in [6.07, 6.45) is 8.64. The molecule has 0 aliphatic heterocycles. The first kappa shape index (κ1) is 22.1. The Morgan fingerprint density at radius 1 is 1.23 bits per heavy atom. The van der Waals surface area contributed by atoms with Gasteiger partial charge in [0.05, 0.1) is 28.8 Å². The number of aromatic nitrogens is 3. The van der Waals surface area contributed by atoms with Crippen molar-refractivity contribution in [3.8, 4) is 6.01 Å². The van der Waals surface area contributed by atoms with E-state index in [0.717, 1.165) is 56.2 Å². The number of nitrogens with zero attached hydrogens (tertiary/aromatic N) is 2. The van der Waals surface area contributed by atoms with Gasteiger partial charge in [-0.15, -0.1) is 0 Å². The lowest BCUT2D eigenvalue weighted by Crippen LogP contribution is -2.24. The summed E-state index contributed by atoms with van der Waals surface area (Å²) < 4.78 is 5.89. The fourth-order valence-corrected chi connectivity index (χ4v) is 5.07. The number of carbonyl (C=O) groups is 1. The molecule has 2 heterocycles. The summed E-state index contributed by atoms with van der Waals surface area (Å²) in [5, 5.41) is 9.77. The van der Waals surface area contributed by atoms with Crippen LogP contribution in [0.4, 0.5) is 0 Å². The van der Waals surface area contributed by atoms with E-state index in [4.69, 9.17) is 26.4 Å². The largest absolute Gasteiger partial charge is 0.481 e. The molecule has 31 heavy (non-hydrogen) atoms. The minimum Gasteiger partial charge on any atom is -0.481 e. The Balaban J connectivity index is 1.42. The quantitative estimate of drug-likeness (QED) is 0.579. The van der Waals surface area contributed by atoms with Gasteiger partial charge >= 0.3 is 5.97 Å². The second-order valence-electron chi connectivity index (χ2n) is 10.2. The summed E-state index contributed by atoms with van der Waals surface area (Å²) >= 11 is 6.57. The Kier molecular flexibility index (Phi) is 6.29. The molecule has 168 valence electrons. The molecule has 7 heteroatoms. The molecule has 1 unspecified atom stereocenters. The second-order valence-corrected chi connectivity index (χ2v) is 10.6. The van der Waals surface area contributed by atoms with Crippen LogP contribution in [0.2, 0.25) is 5.02 Å².